The molecular weight excluding hydrogens is 308 g/mol. The number of nitro groups is 1. The summed E-state index contributed by atoms with van der Waals surface area (Å²) in [5.41, 5.74) is -0.287. The van der Waals surface area contributed by atoms with Gasteiger partial charge in [0.15, 0.2) is 0 Å². The van der Waals surface area contributed by atoms with Gasteiger partial charge in [0.05, 0.1) is 9.82 Å². The third kappa shape index (κ3) is 3.13. The molecule has 1 saturated carbocycles. The molecule has 2 atom stereocenters. The predicted molar refractivity (Wildman–Crippen MR) is 81.0 cm³/mol. The Morgan fingerprint density at radius 2 is 2.18 bits per heavy atom. The van der Waals surface area contributed by atoms with Gasteiger partial charge in [-0.1, -0.05) is 13.3 Å². The van der Waals surface area contributed by atoms with Gasteiger partial charge in [0.25, 0.3) is 5.69 Å². The monoisotopic (exact) mass is 328 g/mol. The van der Waals surface area contributed by atoms with Crippen molar-refractivity contribution in [3.05, 3.63) is 33.9 Å². The molecule has 0 saturated heterocycles. The maximum atomic E-state index is 12.5. The Morgan fingerprint density at radius 1 is 1.50 bits per heavy atom. The summed E-state index contributed by atoms with van der Waals surface area (Å²) in [4.78, 5) is 10.2. The Balaban J connectivity index is 2.30. The summed E-state index contributed by atoms with van der Waals surface area (Å²) in [6.45, 7) is 3.30. The number of hydrogen-bond donors (Lipinski definition) is 2. The molecule has 1 aromatic rings. The molecule has 2 rings (SSSR count). The molecule has 8 heteroatoms. The molecule has 0 radical (unpaired) electrons. The first-order valence-electron chi connectivity index (χ1n) is 7.08. The largest absolute Gasteiger partial charge is 0.396 e. The van der Waals surface area contributed by atoms with Crippen LogP contribution in [0.4, 0.5) is 5.69 Å². The van der Waals surface area contributed by atoms with Crippen LogP contribution >= 0.6 is 0 Å². The summed E-state index contributed by atoms with van der Waals surface area (Å²) in [7, 11) is -3.78. The molecular formula is C14H20N2O5S. The van der Waals surface area contributed by atoms with Crippen molar-refractivity contribution in [1.29, 1.82) is 0 Å². The lowest BCUT2D eigenvalue weighted by atomic mass is 9.86. The first kappa shape index (κ1) is 16.9. The van der Waals surface area contributed by atoms with E-state index in [0.717, 1.165) is 12.8 Å². The van der Waals surface area contributed by atoms with Crippen molar-refractivity contribution in [3.8, 4) is 0 Å². The third-order valence-corrected chi connectivity index (χ3v) is 6.03. The van der Waals surface area contributed by atoms with Crippen molar-refractivity contribution in [2.45, 2.75) is 44.0 Å². The molecule has 0 unspecified atom stereocenters. The van der Waals surface area contributed by atoms with E-state index in [1.165, 1.54) is 25.1 Å². The third-order valence-electron chi connectivity index (χ3n) is 4.40. The van der Waals surface area contributed by atoms with E-state index in [1.54, 1.807) is 0 Å². The molecule has 1 aromatic carbocycles. The molecule has 0 amide bonds. The van der Waals surface area contributed by atoms with Gasteiger partial charge in [-0.2, -0.15) is 0 Å². The fourth-order valence-electron chi connectivity index (χ4n) is 2.92. The highest BCUT2D eigenvalue weighted by Gasteiger charge is 2.40. The summed E-state index contributed by atoms with van der Waals surface area (Å²) < 4.78 is 27.7. The van der Waals surface area contributed by atoms with Crippen molar-refractivity contribution in [3.63, 3.8) is 0 Å². The number of non-ortho nitro benzene ring substituents is 1. The van der Waals surface area contributed by atoms with Gasteiger partial charge in [-0.25, -0.2) is 13.1 Å². The highest BCUT2D eigenvalue weighted by Crippen LogP contribution is 2.38. The van der Waals surface area contributed by atoms with Gasteiger partial charge in [-0.05, 0) is 31.4 Å². The van der Waals surface area contributed by atoms with Crippen LogP contribution in [-0.2, 0) is 10.0 Å². The molecule has 0 aliphatic heterocycles. The lowest BCUT2D eigenvalue weighted by molar-refractivity contribution is -0.385. The normalized spacial score (nSPS) is 25.3. The molecule has 0 heterocycles. The van der Waals surface area contributed by atoms with Crippen LogP contribution in [0.3, 0.4) is 0 Å². The Bertz CT molecular complexity index is 688. The van der Waals surface area contributed by atoms with Gasteiger partial charge >= 0.3 is 0 Å². The fourth-order valence-corrected chi connectivity index (χ4v) is 4.56. The van der Waals surface area contributed by atoms with Gasteiger partial charge in [0.1, 0.15) is 0 Å². The molecule has 2 N–H and O–H groups in total. The summed E-state index contributed by atoms with van der Waals surface area (Å²) in [6.07, 6.45) is 2.28. The average Bonchev–Trinajstić information content (AvgIpc) is 2.79. The number of aliphatic hydroxyl groups is 1. The summed E-state index contributed by atoms with van der Waals surface area (Å²) >= 11 is 0. The number of benzene rings is 1. The number of hydrogen-bond acceptors (Lipinski definition) is 5. The number of aliphatic hydroxyl groups excluding tert-OH is 1. The number of nitrogens with one attached hydrogen (secondary N) is 1. The standard InChI is InChI=1S/C14H20N2O5S/c1-10-8-11(16(18)19)5-6-12(10)22(20,21)15-13-4-3-7-14(13,2)9-17/h5-6,8,13,15,17H,3-4,7,9H2,1-2H3/t13-,14+/m1/s1. The van der Waals surface area contributed by atoms with Crippen LogP contribution in [0.25, 0.3) is 0 Å². The SMILES string of the molecule is Cc1cc([N+](=O)[O-])ccc1S(=O)(=O)N[C@@H]1CCC[C@@]1(C)CO. The quantitative estimate of drug-likeness (QED) is 0.632. The van der Waals surface area contributed by atoms with Crippen molar-refractivity contribution in [2.75, 3.05) is 6.61 Å². The lowest BCUT2D eigenvalue weighted by Crippen LogP contribution is -2.44. The van der Waals surface area contributed by atoms with Crippen LogP contribution in [-0.4, -0.2) is 31.1 Å². The molecule has 0 aromatic heterocycles. The molecule has 7 nitrogen and oxygen atoms in total. The van der Waals surface area contributed by atoms with Gasteiger partial charge in [0.2, 0.25) is 10.0 Å². The van der Waals surface area contributed by atoms with Gasteiger partial charge in [-0.3, -0.25) is 10.1 Å². The number of sulfonamides is 1. The lowest BCUT2D eigenvalue weighted by Gasteiger charge is -2.30. The number of aryl methyl sites for hydroxylation is 1. The smallest absolute Gasteiger partial charge is 0.269 e. The Morgan fingerprint density at radius 3 is 2.73 bits per heavy atom. The average molecular weight is 328 g/mol. The van der Waals surface area contributed by atoms with E-state index in [4.69, 9.17) is 0 Å². The predicted octanol–water partition coefficient (Wildman–Crippen LogP) is 1.73. The fraction of sp³-hybridized carbons (Fsp3) is 0.571. The van der Waals surface area contributed by atoms with Crippen LogP contribution in [0, 0.1) is 22.5 Å². The molecule has 0 spiro atoms. The first-order valence-corrected chi connectivity index (χ1v) is 8.56. The molecule has 122 valence electrons. The molecule has 22 heavy (non-hydrogen) atoms. The van der Waals surface area contributed by atoms with Crippen molar-refractivity contribution < 1.29 is 18.4 Å². The zero-order chi connectivity index (χ0) is 16.5. The van der Waals surface area contributed by atoms with Crippen molar-refractivity contribution in [1.82, 2.24) is 4.72 Å². The van der Waals surface area contributed by atoms with E-state index in [-0.39, 0.29) is 23.2 Å². The second-order valence-corrected chi connectivity index (χ2v) is 7.77. The topological polar surface area (TPSA) is 110 Å². The molecule has 1 fully saturated rings. The first-order chi connectivity index (χ1) is 10.2. The minimum Gasteiger partial charge on any atom is -0.396 e. The van der Waals surface area contributed by atoms with Crippen LogP contribution < -0.4 is 4.72 Å². The Hall–Kier alpha value is -1.51. The van der Waals surface area contributed by atoms with E-state index in [2.05, 4.69) is 4.72 Å². The zero-order valence-electron chi connectivity index (χ0n) is 12.6. The van der Waals surface area contributed by atoms with Gasteiger partial charge < -0.3 is 5.11 Å². The molecule has 1 aliphatic carbocycles. The van der Waals surface area contributed by atoms with E-state index in [1.807, 2.05) is 6.92 Å². The van der Waals surface area contributed by atoms with Crippen molar-refractivity contribution >= 4 is 15.7 Å². The highest BCUT2D eigenvalue weighted by molar-refractivity contribution is 7.89. The minimum absolute atomic E-state index is 0.0327. The second-order valence-electron chi connectivity index (χ2n) is 6.09. The van der Waals surface area contributed by atoms with Gasteiger partial charge in [-0.15, -0.1) is 0 Å². The van der Waals surface area contributed by atoms with Crippen LogP contribution in [0.2, 0.25) is 0 Å². The zero-order valence-corrected chi connectivity index (χ0v) is 13.4. The highest BCUT2D eigenvalue weighted by atomic mass is 32.2. The molecule has 0 bridgehead atoms. The summed E-state index contributed by atoms with van der Waals surface area (Å²) in [6, 6.07) is 3.34. The van der Waals surface area contributed by atoms with E-state index >= 15 is 0 Å². The summed E-state index contributed by atoms with van der Waals surface area (Å²) in [5.74, 6) is 0. The maximum Gasteiger partial charge on any atom is 0.269 e. The Labute approximate surface area is 129 Å². The van der Waals surface area contributed by atoms with E-state index in [9.17, 15) is 23.6 Å². The number of nitro benzene ring substituents is 1. The van der Waals surface area contributed by atoms with E-state index in [0.29, 0.717) is 12.0 Å². The van der Waals surface area contributed by atoms with Crippen LogP contribution in [0.5, 0.6) is 0 Å². The molecule has 1 aliphatic rings. The maximum absolute atomic E-state index is 12.5. The van der Waals surface area contributed by atoms with Crippen LogP contribution in [0.1, 0.15) is 31.7 Å². The summed E-state index contributed by atoms with van der Waals surface area (Å²) in [5, 5.41) is 20.2. The van der Waals surface area contributed by atoms with Gasteiger partial charge in [0, 0.05) is 30.2 Å². The van der Waals surface area contributed by atoms with Crippen molar-refractivity contribution in [2.24, 2.45) is 5.41 Å². The van der Waals surface area contributed by atoms with Crippen LogP contribution in [0.15, 0.2) is 23.1 Å². The van der Waals surface area contributed by atoms with E-state index < -0.39 is 20.4 Å². The number of nitrogens with zero attached hydrogens (tertiary/aromatic N) is 1. The second kappa shape index (κ2) is 5.94. The number of rotatable bonds is 5. The Kier molecular flexibility index (Phi) is 4.55. The minimum atomic E-state index is -3.78.